The van der Waals surface area contributed by atoms with Crippen molar-refractivity contribution in [3.05, 3.63) is 36.3 Å². The smallest absolute Gasteiger partial charge is 0.163 e. The van der Waals surface area contributed by atoms with Crippen LogP contribution in [-0.2, 0) is 9.47 Å². The van der Waals surface area contributed by atoms with Gasteiger partial charge in [0, 0.05) is 36.1 Å². The minimum atomic E-state index is -0.277. The molecule has 0 bridgehead atoms. The molecule has 2 aromatic heterocycles. The summed E-state index contributed by atoms with van der Waals surface area (Å²) in [7, 11) is 0. The molecule has 23 heavy (non-hydrogen) atoms. The van der Waals surface area contributed by atoms with Crippen LogP contribution < -0.4 is 5.32 Å². The summed E-state index contributed by atoms with van der Waals surface area (Å²) in [5.74, 6) is 1.26. The normalized spacial score (nSPS) is 16.4. The molecular formula is C16H20N4O3. The summed E-state index contributed by atoms with van der Waals surface area (Å²) < 4.78 is 10.9. The Kier molecular flexibility index (Phi) is 5.12. The molecule has 1 atom stereocenters. The number of hydrogen-bond donors (Lipinski definition) is 2. The van der Waals surface area contributed by atoms with E-state index in [0.717, 1.165) is 11.3 Å². The fraction of sp³-hybridized carbons (Fsp3) is 0.438. The van der Waals surface area contributed by atoms with Gasteiger partial charge in [-0.15, -0.1) is 0 Å². The van der Waals surface area contributed by atoms with Gasteiger partial charge in [-0.3, -0.25) is 4.98 Å². The fourth-order valence-electron chi connectivity index (χ4n) is 2.43. The maximum absolute atomic E-state index is 9.58. The largest absolute Gasteiger partial charge is 0.394 e. The van der Waals surface area contributed by atoms with Gasteiger partial charge in [-0.05, 0) is 19.1 Å². The van der Waals surface area contributed by atoms with E-state index in [1.807, 2.05) is 25.1 Å². The summed E-state index contributed by atoms with van der Waals surface area (Å²) in [4.78, 5) is 13.0. The van der Waals surface area contributed by atoms with Gasteiger partial charge in [0.25, 0.3) is 0 Å². The third kappa shape index (κ3) is 4.22. The summed E-state index contributed by atoms with van der Waals surface area (Å²) in [6, 6.07) is 5.40. The molecule has 7 nitrogen and oxygen atoms in total. The molecule has 0 amide bonds. The zero-order valence-electron chi connectivity index (χ0n) is 13.0. The van der Waals surface area contributed by atoms with Gasteiger partial charge >= 0.3 is 0 Å². The van der Waals surface area contributed by atoms with E-state index in [2.05, 4.69) is 20.3 Å². The average Bonchev–Trinajstić information content (AvgIpc) is 3.07. The van der Waals surface area contributed by atoms with Gasteiger partial charge in [0.15, 0.2) is 12.1 Å². The average molecular weight is 316 g/mol. The van der Waals surface area contributed by atoms with Crippen LogP contribution in [0.15, 0.2) is 30.6 Å². The van der Waals surface area contributed by atoms with Crippen LogP contribution in [0.5, 0.6) is 0 Å². The number of rotatable bonds is 6. The van der Waals surface area contributed by atoms with Crippen LogP contribution in [-0.4, -0.2) is 52.2 Å². The maximum Gasteiger partial charge on any atom is 0.163 e. The van der Waals surface area contributed by atoms with E-state index in [1.165, 1.54) is 0 Å². The third-order valence-corrected chi connectivity index (χ3v) is 3.51. The molecule has 0 aromatic carbocycles. The zero-order valence-corrected chi connectivity index (χ0v) is 13.0. The third-order valence-electron chi connectivity index (χ3n) is 3.51. The lowest BCUT2D eigenvalue weighted by atomic mass is 10.2. The van der Waals surface area contributed by atoms with Crippen LogP contribution >= 0.6 is 0 Å². The highest BCUT2D eigenvalue weighted by Gasteiger charge is 2.21. The van der Waals surface area contributed by atoms with Crippen molar-refractivity contribution in [1.82, 2.24) is 15.0 Å². The monoisotopic (exact) mass is 316 g/mol. The second-order valence-electron chi connectivity index (χ2n) is 5.39. The van der Waals surface area contributed by atoms with Crippen LogP contribution in [0, 0.1) is 6.92 Å². The summed E-state index contributed by atoms with van der Waals surface area (Å²) in [6.07, 6.45) is 3.71. The predicted molar refractivity (Wildman–Crippen MR) is 84.8 cm³/mol. The Morgan fingerprint density at radius 1 is 1.35 bits per heavy atom. The Labute approximate surface area is 134 Å². The Hall–Kier alpha value is -2.09. The molecule has 122 valence electrons. The molecule has 0 spiro atoms. The van der Waals surface area contributed by atoms with Crippen LogP contribution in [0.1, 0.15) is 12.1 Å². The second kappa shape index (κ2) is 7.45. The van der Waals surface area contributed by atoms with E-state index in [4.69, 9.17) is 9.47 Å². The predicted octanol–water partition coefficient (Wildman–Crippen LogP) is 1.38. The first-order valence-electron chi connectivity index (χ1n) is 7.61. The summed E-state index contributed by atoms with van der Waals surface area (Å²) in [6.45, 7) is 3.07. The number of anilines is 1. The van der Waals surface area contributed by atoms with Crippen LogP contribution in [0.2, 0.25) is 0 Å². The van der Waals surface area contributed by atoms with Crippen LogP contribution in [0.3, 0.4) is 0 Å². The van der Waals surface area contributed by atoms with Crippen LogP contribution in [0.4, 0.5) is 5.82 Å². The van der Waals surface area contributed by atoms with E-state index < -0.39 is 0 Å². The van der Waals surface area contributed by atoms with Gasteiger partial charge in [0.05, 0.1) is 25.9 Å². The van der Waals surface area contributed by atoms with Crippen molar-refractivity contribution < 1.29 is 14.6 Å². The Morgan fingerprint density at radius 3 is 2.87 bits per heavy atom. The van der Waals surface area contributed by atoms with Gasteiger partial charge in [-0.25, -0.2) is 9.97 Å². The number of aliphatic hydroxyl groups excluding tert-OH is 1. The number of aromatic nitrogens is 3. The molecule has 0 radical (unpaired) electrons. The van der Waals surface area contributed by atoms with Crippen molar-refractivity contribution >= 4 is 5.82 Å². The van der Waals surface area contributed by atoms with E-state index in [0.29, 0.717) is 31.3 Å². The molecule has 3 rings (SSSR count). The Balaban J connectivity index is 1.75. The number of ether oxygens (including phenoxy) is 2. The van der Waals surface area contributed by atoms with Gasteiger partial charge in [-0.2, -0.15) is 0 Å². The topological polar surface area (TPSA) is 89.4 Å². The zero-order chi connectivity index (χ0) is 16.1. The summed E-state index contributed by atoms with van der Waals surface area (Å²) in [5.41, 5.74) is 1.69. The summed E-state index contributed by atoms with van der Waals surface area (Å²) in [5, 5.41) is 12.8. The van der Waals surface area contributed by atoms with Gasteiger partial charge in [0.1, 0.15) is 5.82 Å². The first kappa shape index (κ1) is 15.8. The van der Waals surface area contributed by atoms with Gasteiger partial charge < -0.3 is 19.9 Å². The molecule has 1 saturated heterocycles. The highest BCUT2D eigenvalue weighted by Crippen LogP contribution is 2.19. The van der Waals surface area contributed by atoms with E-state index in [1.54, 1.807) is 12.4 Å². The molecule has 1 fully saturated rings. The number of aliphatic hydroxyl groups is 1. The molecule has 0 saturated carbocycles. The first-order chi connectivity index (χ1) is 11.2. The number of nitrogens with zero attached hydrogens (tertiary/aromatic N) is 3. The van der Waals surface area contributed by atoms with Crippen molar-refractivity contribution in [3.8, 4) is 11.4 Å². The summed E-state index contributed by atoms with van der Waals surface area (Å²) >= 11 is 0. The highest BCUT2D eigenvalue weighted by atomic mass is 16.7. The first-order valence-corrected chi connectivity index (χ1v) is 7.61. The van der Waals surface area contributed by atoms with E-state index >= 15 is 0 Å². The van der Waals surface area contributed by atoms with Crippen molar-refractivity contribution in [1.29, 1.82) is 0 Å². The van der Waals surface area contributed by atoms with Gasteiger partial charge in [0.2, 0.25) is 0 Å². The molecule has 0 aliphatic carbocycles. The minimum absolute atomic E-state index is 0.0332. The molecule has 7 heteroatoms. The SMILES string of the molecule is Cc1cc(NC(CO)CC2OCCO2)nc(-c2cccnc2)n1. The van der Waals surface area contributed by atoms with Gasteiger partial charge in [-0.1, -0.05) is 0 Å². The molecule has 1 unspecified atom stereocenters. The molecule has 3 heterocycles. The number of hydrogen-bond acceptors (Lipinski definition) is 7. The van der Waals surface area contributed by atoms with E-state index in [-0.39, 0.29) is 18.9 Å². The van der Waals surface area contributed by atoms with Crippen molar-refractivity contribution in [2.75, 3.05) is 25.1 Å². The van der Waals surface area contributed by atoms with Crippen LogP contribution in [0.25, 0.3) is 11.4 Å². The lowest BCUT2D eigenvalue weighted by Crippen LogP contribution is -2.29. The molecular weight excluding hydrogens is 296 g/mol. The molecule has 2 N–H and O–H groups in total. The number of nitrogens with one attached hydrogen (secondary N) is 1. The minimum Gasteiger partial charge on any atom is -0.394 e. The Bertz CT molecular complexity index is 632. The second-order valence-corrected chi connectivity index (χ2v) is 5.39. The number of pyridine rings is 1. The fourth-order valence-corrected chi connectivity index (χ4v) is 2.43. The maximum atomic E-state index is 9.58. The quantitative estimate of drug-likeness (QED) is 0.832. The van der Waals surface area contributed by atoms with Crippen molar-refractivity contribution in [2.24, 2.45) is 0 Å². The lowest BCUT2D eigenvalue weighted by molar-refractivity contribution is -0.0518. The standard InChI is InChI=1S/C16H20N4O3/c1-11-7-14(19-13(10-21)8-15-22-5-6-23-15)20-16(18-11)12-3-2-4-17-9-12/h2-4,7,9,13,15,21H,5-6,8,10H2,1H3,(H,18,19,20). The lowest BCUT2D eigenvalue weighted by Gasteiger charge is -2.20. The molecule has 2 aromatic rings. The Morgan fingerprint density at radius 2 is 2.17 bits per heavy atom. The molecule has 1 aliphatic heterocycles. The van der Waals surface area contributed by atoms with Crippen molar-refractivity contribution in [2.45, 2.75) is 25.7 Å². The highest BCUT2D eigenvalue weighted by molar-refractivity contribution is 5.56. The number of aryl methyl sites for hydroxylation is 1. The van der Waals surface area contributed by atoms with E-state index in [9.17, 15) is 5.11 Å². The van der Waals surface area contributed by atoms with Crippen molar-refractivity contribution in [3.63, 3.8) is 0 Å². The molecule has 1 aliphatic rings.